The molecule has 0 fully saturated rings. The summed E-state index contributed by atoms with van der Waals surface area (Å²) in [6.45, 7) is 3.64. The number of carbonyl (C=O) groups is 1. The van der Waals surface area contributed by atoms with Crippen LogP contribution >= 0.6 is 15.9 Å². The van der Waals surface area contributed by atoms with E-state index in [0.29, 0.717) is 15.9 Å². The van der Waals surface area contributed by atoms with E-state index < -0.39 is 5.97 Å². The first-order valence-electron chi connectivity index (χ1n) is 5.47. The first-order chi connectivity index (χ1) is 8.90. The number of hydrogen-bond acceptors (Lipinski definition) is 4. The summed E-state index contributed by atoms with van der Waals surface area (Å²) < 4.78 is 7.86. The molecule has 0 atom stereocenters. The summed E-state index contributed by atoms with van der Waals surface area (Å²) in [6.07, 6.45) is 1.49. The lowest BCUT2D eigenvalue weighted by Gasteiger charge is -2.08. The van der Waals surface area contributed by atoms with E-state index in [1.807, 2.05) is 6.92 Å². The lowest BCUT2D eigenvalue weighted by molar-refractivity contribution is 0.0693. The molecule has 0 aliphatic rings. The van der Waals surface area contributed by atoms with Crippen LogP contribution in [0.2, 0.25) is 0 Å². The van der Waals surface area contributed by atoms with E-state index >= 15 is 0 Å². The van der Waals surface area contributed by atoms with Crippen molar-refractivity contribution in [3.05, 3.63) is 33.7 Å². The number of rotatable bonds is 3. The van der Waals surface area contributed by atoms with E-state index in [2.05, 4.69) is 26.0 Å². The van der Waals surface area contributed by atoms with Gasteiger partial charge in [-0.15, -0.1) is 0 Å². The second kappa shape index (κ2) is 5.00. The molecule has 0 radical (unpaired) electrons. The van der Waals surface area contributed by atoms with Crippen molar-refractivity contribution in [2.75, 3.05) is 0 Å². The summed E-state index contributed by atoms with van der Waals surface area (Å²) in [4.78, 5) is 15.2. The lowest BCUT2D eigenvalue weighted by Crippen LogP contribution is -2.03. The Labute approximate surface area is 118 Å². The Morgan fingerprint density at radius 1 is 1.47 bits per heavy atom. The van der Waals surface area contributed by atoms with Crippen LogP contribution < -0.4 is 4.74 Å². The van der Waals surface area contributed by atoms with Gasteiger partial charge in [-0.25, -0.2) is 9.78 Å². The number of aromatic carboxylic acids is 1. The van der Waals surface area contributed by atoms with E-state index in [9.17, 15) is 4.79 Å². The third-order valence-corrected chi connectivity index (χ3v) is 3.12. The second-order valence-electron chi connectivity index (χ2n) is 4.04. The lowest BCUT2D eigenvalue weighted by atomic mass is 10.2. The van der Waals surface area contributed by atoms with Gasteiger partial charge in [0.15, 0.2) is 5.75 Å². The van der Waals surface area contributed by atoms with Crippen LogP contribution in [-0.2, 0) is 7.05 Å². The highest BCUT2D eigenvalue weighted by Gasteiger charge is 2.18. The molecule has 0 amide bonds. The van der Waals surface area contributed by atoms with Gasteiger partial charge in [-0.2, -0.15) is 5.10 Å². The highest BCUT2D eigenvalue weighted by molar-refractivity contribution is 9.10. The summed E-state index contributed by atoms with van der Waals surface area (Å²) >= 11 is 3.19. The number of carboxylic acids is 1. The van der Waals surface area contributed by atoms with Gasteiger partial charge in [-0.05, 0) is 35.8 Å². The molecule has 0 saturated carbocycles. The number of halogens is 1. The predicted octanol–water partition coefficient (Wildman–Crippen LogP) is 2.68. The zero-order valence-corrected chi connectivity index (χ0v) is 12.2. The van der Waals surface area contributed by atoms with Crippen LogP contribution in [0, 0.1) is 13.8 Å². The number of ether oxygens (including phenoxy) is 1. The van der Waals surface area contributed by atoms with E-state index in [4.69, 9.17) is 9.84 Å². The van der Waals surface area contributed by atoms with Crippen LogP contribution in [0.5, 0.6) is 11.6 Å². The molecule has 1 N–H and O–H groups in total. The van der Waals surface area contributed by atoms with Crippen LogP contribution in [0.15, 0.2) is 16.7 Å². The van der Waals surface area contributed by atoms with Crippen molar-refractivity contribution in [3.8, 4) is 11.6 Å². The molecule has 0 aromatic carbocycles. The maximum absolute atomic E-state index is 11.2. The molecule has 2 aromatic rings. The first-order valence-corrected chi connectivity index (χ1v) is 6.26. The van der Waals surface area contributed by atoms with Gasteiger partial charge in [-0.1, -0.05) is 0 Å². The standard InChI is InChI=1S/C12H12BrN3O3/c1-6-10(7(2)16(3)15-6)19-11-9(12(17)18)4-8(13)5-14-11/h4-5H,1-3H3,(H,17,18). The summed E-state index contributed by atoms with van der Waals surface area (Å²) in [7, 11) is 1.79. The number of hydrogen-bond donors (Lipinski definition) is 1. The predicted molar refractivity (Wildman–Crippen MR) is 71.7 cm³/mol. The molecule has 2 aromatic heterocycles. The summed E-state index contributed by atoms with van der Waals surface area (Å²) in [5.74, 6) is -0.516. The number of aromatic nitrogens is 3. The average molecular weight is 326 g/mol. The van der Waals surface area contributed by atoms with Crippen LogP contribution in [0.4, 0.5) is 0 Å². The van der Waals surface area contributed by atoms with Crippen LogP contribution in [0.25, 0.3) is 0 Å². The van der Waals surface area contributed by atoms with Crippen molar-refractivity contribution < 1.29 is 14.6 Å². The molecule has 0 aliphatic carbocycles. The van der Waals surface area contributed by atoms with E-state index in [-0.39, 0.29) is 11.4 Å². The van der Waals surface area contributed by atoms with E-state index in [0.717, 1.165) is 5.69 Å². The molecule has 0 unspecified atom stereocenters. The van der Waals surface area contributed by atoms with Gasteiger partial charge in [0.2, 0.25) is 5.88 Å². The topological polar surface area (TPSA) is 77.2 Å². The Bertz CT molecular complexity index is 652. The maximum Gasteiger partial charge on any atom is 0.341 e. The third kappa shape index (κ3) is 2.60. The molecule has 7 heteroatoms. The minimum atomic E-state index is -1.09. The van der Waals surface area contributed by atoms with Crippen molar-refractivity contribution >= 4 is 21.9 Å². The van der Waals surface area contributed by atoms with E-state index in [1.54, 1.807) is 18.7 Å². The Kier molecular flexibility index (Phi) is 3.57. The fourth-order valence-electron chi connectivity index (χ4n) is 1.66. The Balaban J connectivity index is 2.46. The summed E-state index contributed by atoms with van der Waals surface area (Å²) in [6, 6.07) is 1.45. The van der Waals surface area contributed by atoms with Gasteiger partial charge in [0.05, 0.1) is 5.69 Å². The maximum atomic E-state index is 11.2. The Morgan fingerprint density at radius 3 is 2.68 bits per heavy atom. The smallest absolute Gasteiger partial charge is 0.341 e. The largest absolute Gasteiger partial charge is 0.477 e. The number of carboxylic acid groups (broad SMARTS) is 1. The van der Waals surface area contributed by atoms with E-state index in [1.165, 1.54) is 12.3 Å². The molecule has 0 saturated heterocycles. The van der Waals surface area contributed by atoms with Crippen molar-refractivity contribution in [1.82, 2.24) is 14.8 Å². The van der Waals surface area contributed by atoms with Gasteiger partial charge in [0.1, 0.15) is 11.3 Å². The van der Waals surface area contributed by atoms with Crippen molar-refractivity contribution in [2.24, 2.45) is 7.05 Å². The fraction of sp³-hybridized carbons (Fsp3) is 0.250. The Hall–Kier alpha value is -1.89. The summed E-state index contributed by atoms with van der Waals surface area (Å²) in [5.41, 5.74) is 1.48. The number of aryl methyl sites for hydroxylation is 2. The highest BCUT2D eigenvalue weighted by Crippen LogP contribution is 2.29. The SMILES string of the molecule is Cc1nn(C)c(C)c1Oc1ncc(Br)cc1C(=O)O. The number of pyridine rings is 1. The molecule has 19 heavy (non-hydrogen) atoms. The molecule has 2 rings (SSSR count). The molecule has 6 nitrogen and oxygen atoms in total. The zero-order chi connectivity index (χ0) is 14.2. The number of nitrogens with zero attached hydrogens (tertiary/aromatic N) is 3. The molecular weight excluding hydrogens is 314 g/mol. The highest BCUT2D eigenvalue weighted by atomic mass is 79.9. The molecule has 0 aliphatic heterocycles. The molecular formula is C12H12BrN3O3. The van der Waals surface area contributed by atoms with Gasteiger partial charge >= 0.3 is 5.97 Å². The average Bonchev–Trinajstić information content (AvgIpc) is 2.57. The second-order valence-corrected chi connectivity index (χ2v) is 4.95. The minimum Gasteiger partial charge on any atom is -0.477 e. The van der Waals surface area contributed by atoms with Crippen LogP contribution in [0.3, 0.4) is 0 Å². The fourth-order valence-corrected chi connectivity index (χ4v) is 1.99. The monoisotopic (exact) mass is 325 g/mol. The van der Waals surface area contributed by atoms with Gasteiger partial charge in [-0.3, -0.25) is 4.68 Å². The van der Waals surface area contributed by atoms with Crippen LogP contribution in [-0.4, -0.2) is 25.8 Å². The zero-order valence-electron chi connectivity index (χ0n) is 10.6. The van der Waals surface area contributed by atoms with Gasteiger partial charge in [0.25, 0.3) is 0 Å². The van der Waals surface area contributed by atoms with Gasteiger partial charge < -0.3 is 9.84 Å². The van der Waals surface area contributed by atoms with Crippen molar-refractivity contribution in [1.29, 1.82) is 0 Å². The Morgan fingerprint density at radius 2 is 2.16 bits per heavy atom. The van der Waals surface area contributed by atoms with Crippen molar-refractivity contribution in [2.45, 2.75) is 13.8 Å². The third-order valence-electron chi connectivity index (χ3n) is 2.69. The quantitative estimate of drug-likeness (QED) is 0.938. The summed E-state index contributed by atoms with van der Waals surface area (Å²) in [5, 5.41) is 13.4. The van der Waals surface area contributed by atoms with Gasteiger partial charge in [0, 0.05) is 17.7 Å². The van der Waals surface area contributed by atoms with Crippen LogP contribution in [0.1, 0.15) is 21.7 Å². The first kappa shape index (κ1) is 13.5. The minimum absolute atomic E-state index is 0.00275. The molecule has 2 heterocycles. The normalized spacial score (nSPS) is 10.5. The molecule has 0 spiro atoms. The van der Waals surface area contributed by atoms with Crippen molar-refractivity contribution in [3.63, 3.8) is 0 Å². The molecule has 100 valence electrons. The molecule has 0 bridgehead atoms.